The number of likely N-dealkylation sites (N-methyl/N-ethyl adjacent to an activating group) is 1. The number of carbonyl (C=O) groups is 2. The topological polar surface area (TPSA) is 74.3 Å². The van der Waals surface area contributed by atoms with Gasteiger partial charge in [-0.25, -0.2) is 4.98 Å². The first-order chi connectivity index (χ1) is 13.5. The third-order valence-corrected chi connectivity index (χ3v) is 5.62. The average Bonchev–Trinajstić information content (AvgIpc) is 3.33. The van der Waals surface area contributed by atoms with E-state index in [9.17, 15) is 9.59 Å². The average molecular weight is 415 g/mol. The van der Waals surface area contributed by atoms with E-state index >= 15 is 0 Å². The van der Waals surface area contributed by atoms with E-state index in [0.717, 1.165) is 18.7 Å². The maximum absolute atomic E-state index is 12.3. The molecule has 2 N–H and O–H groups in total. The lowest BCUT2D eigenvalue weighted by atomic mass is 10.1. The Kier molecular flexibility index (Phi) is 6.91. The number of carbonyl (C=O) groups excluding carboxylic acids is 2. The number of hydrogen-bond donors (Lipinski definition) is 2. The number of anilines is 2. The van der Waals surface area contributed by atoms with Crippen LogP contribution >= 0.6 is 22.7 Å². The molecule has 0 saturated heterocycles. The van der Waals surface area contributed by atoms with Gasteiger partial charge < -0.3 is 10.2 Å². The lowest BCUT2D eigenvalue weighted by molar-refractivity contribution is -0.115. The second-order valence-corrected chi connectivity index (χ2v) is 8.36. The number of nitrogens with one attached hydrogen (secondary N) is 2. The zero-order valence-electron chi connectivity index (χ0n) is 15.8. The Balaban J connectivity index is 1.50. The minimum absolute atomic E-state index is 0.137. The number of aromatic nitrogens is 1. The monoisotopic (exact) mass is 414 g/mol. The molecule has 28 heavy (non-hydrogen) atoms. The molecule has 6 nitrogen and oxygen atoms in total. The number of thiazole rings is 1. The molecule has 2 aromatic heterocycles. The van der Waals surface area contributed by atoms with Crippen LogP contribution in [0.4, 0.5) is 10.8 Å². The summed E-state index contributed by atoms with van der Waals surface area (Å²) in [6, 6.07) is 11.5. The summed E-state index contributed by atoms with van der Waals surface area (Å²) in [5.41, 5.74) is 2.63. The van der Waals surface area contributed by atoms with E-state index in [1.165, 1.54) is 28.2 Å². The molecule has 0 unspecified atom stereocenters. The van der Waals surface area contributed by atoms with E-state index in [-0.39, 0.29) is 18.2 Å². The van der Waals surface area contributed by atoms with Crippen molar-refractivity contribution in [3.05, 3.63) is 63.3 Å². The first-order valence-corrected chi connectivity index (χ1v) is 10.6. The third kappa shape index (κ3) is 5.98. The van der Waals surface area contributed by atoms with Crippen molar-refractivity contribution in [1.82, 2.24) is 9.88 Å². The molecule has 3 aromatic rings. The van der Waals surface area contributed by atoms with Crippen molar-refractivity contribution in [2.24, 2.45) is 0 Å². The van der Waals surface area contributed by atoms with Gasteiger partial charge in [0, 0.05) is 17.6 Å². The zero-order valence-corrected chi connectivity index (χ0v) is 17.4. The number of rotatable bonds is 8. The van der Waals surface area contributed by atoms with Gasteiger partial charge in [0.2, 0.25) is 5.91 Å². The fourth-order valence-electron chi connectivity index (χ4n) is 2.49. The van der Waals surface area contributed by atoms with Gasteiger partial charge in [-0.3, -0.25) is 14.9 Å². The highest BCUT2D eigenvalue weighted by Crippen LogP contribution is 2.19. The molecule has 3 rings (SSSR count). The molecule has 0 radical (unpaired) electrons. The third-order valence-electron chi connectivity index (χ3n) is 3.94. The summed E-state index contributed by atoms with van der Waals surface area (Å²) < 4.78 is 0. The molecular formula is C20H22N4O2S2. The number of thiophene rings is 1. The summed E-state index contributed by atoms with van der Waals surface area (Å²) in [7, 11) is 4.10. The van der Waals surface area contributed by atoms with Gasteiger partial charge in [-0.05, 0) is 49.7 Å². The van der Waals surface area contributed by atoms with E-state index in [2.05, 4.69) is 20.5 Å². The predicted molar refractivity (Wildman–Crippen MR) is 115 cm³/mol. The van der Waals surface area contributed by atoms with Crippen LogP contribution in [-0.4, -0.2) is 42.3 Å². The largest absolute Gasteiger partial charge is 0.326 e. The first-order valence-electron chi connectivity index (χ1n) is 8.82. The van der Waals surface area contributed by atoms with Crippen molar-refractivity contribution in [1.29, 1.82) is 0 Å². The van der Waals surface area contributed by atoms with Crippen LogP contribution in [0.15, 0.2) is 47.2 Å². The SMILES string of the molecule is CN(C)CCc1ccc(NC(=O)Cc2csc(NC(=O)c3cccs3)n2)cc1. The highest BCUT2D eigenvalue weighted by molar-refractivity contribution is 7.14. The second kappa shape index (κ2) is 9.59. The van der Waals surface area contributed by atoms with Crippen LogP contribution in [0.1, 0.15) is 20.9 Å². The van der Waals surface area contributed by atoms with Crippen LogP contribution in [0, 0.1) is 0 Å². The fourth-order valence-corrected chi connectivity index (χ4v) is 3.81. The van der Waals surface area contributed by atoms with Gasteiger partial charge in [0.15, 0.2) is 5.13 Å². The van der Waals surface area contributed by atoms with E-state index in [0.29, 0.717) is 15.7 Å². The predicted octanol–water partition coefficient (Wildman–Crippen LogP) is 3.74. The van der Waals surface area contributed by atoms with E-state index < -0.39 is 0 Å². The van der Waals surface area contributed by atoms with Crippen LogP contribution in [0.25, 0.3) is 0 Å². The van der Waals surface area contributed by atoms with Crippen LogP contribution in [0.5, 0.6) is 0 Å². The van der Waals surface area contributed by atoms with Gasteiger partial charge >= 0.3 is 0 Å². The van der Waals surface area contributed by atoms with E-state index in [4.69, 9.17) is 0 Å². The summed E-state index contributed by atoms with van der Waals surface area (Å²) in [6.45, 7) is 0.987. The Hall–Kier alpha value is -2.55. The summed E-state index contributed by atoms with van der Waals surface area (Å²) in [4.78, 5) is 31.4. The molecule has 0 bridgehead atoms. The standard InChI is InChI=1S/C20H22N4O2S2/c1-24(2)10-9-14-5-7-15(8-6-14)21-18(25)12-16-13-28-20(22-16)23-19(26)17-4-3-11-27-17/h3-8,11,13H,9-10,12H2,1-2H3,(H,21,25)(H,22,23,26). The molecule has 2 amide bonds. The number of hydrogen-bond acceptors (Lipinski definition) is 6. The van der Waals surface area contributed by atoms with E-state index in [1.54, 1.807) is 11.4 Å². The van der Waals surface area contributed by atoms with Crippen LogP contribution < -0.4 is 10.6 Å². The molecule has 8 heteroatoms. The molecule has 0 saturated carbocycles. The lowest BCUT2D eigenvalue weighted by Gasteiger charge is -2.10. The maximum atomic E-state index is 12.3. The highest BCUT2D eigenvalue weighted by atomic mass is 32.1. The van der Waals surface area contributed by atoms with Crippen molar-refractivity contribution >= 4 is 45.3 Å². The number of nitrogens with zero attached hydrogens (tertiary/aromatic N) is 2. The van der Waals surface area contributed by atoms with Gasteiger partial charge in [-0.1, -0.05) is 18.2 Å². The lowest BCUT2D eigenvalue weighted by Crippen LogP contribution is -2.16. The first kappa shape index (κ1) is 20.2. The van der Waals surface area contributed by atoms with Crippen molar-refractivity contribution < 1.29 is 9.59 Å². The Bertz CT molecular complexity index is 918. The highest BCUT2D eigenvalue weighted by Gasteiger charge is 2.12. The molecule has 0 aliphatic carbocycles. The van der Waals surface area contributed by atoms with Crippen molar-refractivity contribution in [2.45, 2.75) is 12.8 Å². The maximum Gasteiger partial charge on any atom is 0.267 e. The molecule has 0 aliphatic rings. The molecule has 0 fully saturated rings. The van der Waals surface area contributed by atoms with Gasteiger partial charge in [0.05, 0.1) is 17.0 Å². The normalized spacial score (nSPS) is 10.8. The fraction of sp³-hybridized carbons (Fsp3) is 0.250. The Labute approximate surface area is 172 Å². The molecule has 0 aliphatic heterocycles. The quantitative estimate of drug-likeness (QED) is 0.589. The molecule has 146 valence electrons. The van der Waals surface area contributed by atoms with Gasteiger partial charge in [-0.15, -0.1) is 22.7 Å². The molecule has 1 aromatic carbocycles. The van der Waals surface area contributed by atoms with Crippen molar-refractivity contribution in [3.63, 3.8) is 0 Å². The summed E-state index contributed by atoms with van der Waals surface area (Å²) in [5, 5.41) is 9.77. The van der Waals surface area contributed by atoms with Crippen molar-refractivity contribution in [3.8, 4) is 0 Å². The van der Waals surface area contributed by atoms with Crippen molar-refractivity contribution in [2.75, 3.05) is 31.3 Å². The van der Waals surface area contributed by atoms with Crippen LogP contribution in [-0.2, 0) is 17.6 Å². The summed E-state index contributed by atoms with van der Waals surface area (Å²) in [6.07, 6.45) is 1.13. The van der Waals surface area contributed by atoms with Gasteiger partial charge in [0.25, 0.3) is 5.91 Å². The van der Waals surface area contributed by atoms with Gasteiger partial charge in [-0.2, -0.15) is 0 Å². The number of amides is 2. The minimum atomic E-state index is -0.185. The molecule has 0 atom stereocenters. The Morgan fingerprint density at radius 1 is 1.07 bits per heavy atom. The zero-order chi connectivity index (χ0) is 19.9. The minimum Gasteiger partial charge on any atom is -0.326 e. The van der Waals surface area contributed by atoms with E-state index in [1.807, 2.05) is 49.8 Å². The Morgan fingerprint density at radius 2 is 1.86 bits per heavy atom. The van der Waals surface area contributed by atoms with Gasteiger partial charge in [0.1, 0.15) is 0 Å². The summed E-state index contributed by atoms with van der Waals surface area (Å²) >= 11 is 2.68. The second-order valence-electron chi connectivity index (χ2n) is 6.55. The van der Waals surface area contributed by atoms with Crippen LogP contribution in [0.2, 0.25) is 0 Å². The molecule has 0 spiro atoms. The number of benzene rings is 1. The Morgan fingerprint density at radius 3 is 2.54 bits per heavy atom. The molecular weight excluding hydrogens is 392 g/mol. The summed E-state index contributed by atoms with van der Waals surface area (Å²) in [5.74, 6) is -0.322. The smallest absolute Gasteiger partial charge is 0.267 e. The van der Waals surface area contributed by atoms with Crippen LogP contribution in [0.3, 0.4) is 0 Å². The molecule has 2 heterocycles.